The second-order valence-electron chi connectivity index (χ2n) is 6.19. The van der Waals surface area contributed by atoms with Crippen molar-refractivity contribution in [2.75, 3.05) is 18.6 Å². The number of aliphatic carboxylic acids is 1. The van der Waals surface area contributed by atoms with Gasteiger partial charge >= 0.3 is 5.97 Å². The summed E-state index contributed by atoms with van der Waals surface area (Å²) in [6, 6.07) is -0.386. The van der Waals surface area contributed by atoms with Crippen molar-refractivity contribution in [2.24, 2.45) is 0 Å². The zero-order valence-electron chi connectivity index (χ0n) is 14.7. The maximum atomic E-state index is 11.0. The number of rotatable bonds is 17. The molecule has 0 aliphatic rings. The maximum Gasteiger partial charge on any atom is 0.321 e. The average Bonchev–Trinajstić information content (AvgIpc) is 2.50. The normalized spacial score (nSPS) is 12.5. The molecule has 0 spiro atoms. The Kier molecular flexibility index (Phi) is 17.0. The van der Waals surface area contributed by atoms with E-state index in [1.54, 1.807) is 11.8 Å². The van der Waals surface area contributed by atoms with E-state index in [2.05, 4.69) is 12.2 Å². The van der Waals surface area contributed by atoms with Crippen LogP contribution in [-0.4, -0.2) is 35.7 Å². The molecule has 0 unspecified atom stereocenters. The highest BCUT2D eigenvalue weighted by molar-refractivity contribution is 7.98. The molecule has 0 aliphatic heterocycles. The van der Waals surface area contributed by atoms with Crippen LogP contribution in [0.4, 0.5) is 0 Å². The fourth-order valence-corrected chi connectivity index (χ4v) is 3.22. The molecule has 0 heterocycles. The number of nitrogens with one attached hydrogen (secondary N) is 1. The lowest BCUT2D eigenvalue weighted by Crippen LogP contribution is -2.39. The molecule has 0 bridgehead atoms. The summed E-state index contributed by atoms with van der Waals surface area (Å²) in [4.78, 5) is 11.0. The lowest BCUT2D eigenvalue weighted by atomic mass is 10.1. The molecule has 2 N–H and O–H groups in total. The van der Waals surface area contributed by atoms with E-state index >= 15 is 0 Å². The van der Waals surface area contributed by atoms with Gasteiger partial charge in [-0.1, -0.05) is 77.6 Å². The Morgan fingerprint density at radius 3 is 1.77 bits per heavy atom. The third-order valence-electron chi connectivity index (χ3n) is 4.05. The lowest BCUT2D eigenvalue weighted by Gasteiger charge is -2.12. The number of unbranched alkanes of at least 4 members (excludes halogenated alkanes) is 11. The zero-order valence-corrected chi connectivity index (χ0v) is 15.6. The number of thioether (sulfide) groups is 1. The van der Waals surface area contributed by atoms with Gasteiger partial charge in [-0.3, -0.25) is 4.79 Å². The minimum atomic E-state index is -0.728. The Hall–Kier alpha value is -0.220. The van der Waals surface area contributed by atoms with Crippen molar-refractivity contribution < 1.29 is 9.90 Å². The first kappa shape index (κ1) is 21.8. The third kappa shape index (κ3) is 14.7. The molecule has 4 heteroatoms. The molecule has 0 aromatic rings. The number of carboxylic acid groups (broad SMARTS) is 1. The molecule has 0 aromatic carbocycles. The summed E-state index contributed by atoms with van der Waals surface area (Å²) >= 11 is 1.58. The Bertz CT molecular complexity index is 249. The van der Waals surface area contributed by atoms with Gasteiger partial charge in [-0.15, -0.1) is 0 Å². The maximum absolute atomic E-state index is 11.0. The molecule has 0 saturated carbocycles. The first-order valence-corrected chi connectivity index (χ1v) is 10.6. The van der Waals surface area contributed by atoms with Crippen LogP contribution in [0.2, 0.25) is 0 Å². The summed E-state index contributed by atoms with van der Waals surface area (Å²) in [5.41, 5.74) is 0. The minimum Gasteiger partial charge on any atom is -0.480 e. The van der Waals surface area contributed by atoms with Gasteiger partial charge in [0.2, 0.25) is 0 Å². The van der Waals surface area contributed by atoms with Crippen LogP contribution >= 0.6 is 11.8 Å². The number of hydrogen-bond acceptors (Lipinski definition) is 3. The van der Waals surface area contributed by atoms with Gasteiger partial charge in [-0.05, 0) is 19.2 Å². The first-order valence-electron chi connectivity index (χ1n) is 9.17. The molecule has 0 aliphatic carbocycles. The molecule has 0 radical (unpaired) electrons. The standard InChI is InChI=1S/C18H37NO2S/c1-3-4-5-6-7-8-9-10-11-12-13-14-15-19-17(16-22-2)18(20)21/h17,19H,3-16H2,1-2H3,(H,20,21)/t17-/m0/s1. The van der Waals surface area contributed by atoms with Gasteiger partial charge in [0.25, 0.3) is 0 Å². The van der Waals surface area contributed by atoms with Gasteiger partial charge in [0.1, 0.15) is 6.04 Å². The summed E-state index contributed by atoms with van der Waals surface area (Å²) < 4.78 is 0. The van der Waals surface area contributed by atoms with Crippen LogP contribution in [-0.2, 0) is 4.79 Å². The van der Waals surface area contributed by atoms with E-state index in [1.807, 2.05) is 6.26 Å². The van der Waals surface area contributed by atoms with Crippen molar-refractivity contribution in [2.45, 2.75) is 90.0 Å². The molecular weight excluding hydrogens is 294 g/mol. The predicted octanol–water partition coefficient (Wildman–Crippen LogP) is 5.09. The van der Waals surface area contributed by atoms with Crippen LogP contribution in [0.15, 0.2) is 0 Å². The Labute approximate surface area is 142 Å². The molecule has 132 valence electrons. The van der Waals surface area contributed by atoms with E-state index in [4.69, 9.17) is 5.11 Å². The summed E-state index contributed by atoms with van der Waals surface area (Å²) in [5, 5.41) is 12.2. The SMILES string of the molecule is CCCCCCCCCCCCCCN[C@@H](CSC)C(=O)O. The van der Waals surface area contributed by atoms with Crippen LogP contribution < -0.4 is 5.32 Å². The monoisotopic (exact) mass is 331 g/mol. The van der Waals surface area contributed by atoms with E-state index < -0.39 is 5.97 Å². The van der Waals surface area contributed by atoms with Crippen LogP contribution in [0.1, 0.15) is 84.0 Å². The number of hydrogen-bond donors (Lipinski definition) is 2. The topological polar surface area (TPSA) is 49.3 Å². The van der Waals surface area contributed by atoms with Crippen LogP contribution in [0.5, 0.6) is 0 Å². The predicted molar refractivity (Wildman–Crippen MR) is 98.9 cm³/mol. The van der Waals surface area contributed by atoms with Crippen molar-refractivity contribution in [3.63, 3.8) is 0 Å². The van der Waals surface area contributed by atoms with E-state index in [0.717, 1.165) is 13.0 Å². The van der Waals surface area contributed by atoms with Gasteiger partial charge < -0.3 is 10.4 Å². The molecule has 22 heavy (non-hydrogen) atoms. The second kappa shape index (κ2) is 17.1. The van der Waals surface area contributed by atoms with Crippen molar-refractivity contribution >= 4 is 17.7 Å². The Morgan fingerprint density at radius 2 is 1.36 bits per heavy atom. The lowest BCUT2D eigenvalue weighted by molar-refractivity contribution is -0.138. The van der Waals surface area contributed by atoms with Gasteiger partial charge in [0.05, 0.1) is 0 Å². The van der Waals surface area contributed by atoms with Crippen molar-refractivity contribution in [1.29, 1.82) is 0 Å². The fourth-order valence-electron chi connectivity index (χ4n) is 2.63. The van der Waals surface area contributed by atoms with Crippen LogP contribution in [0.3, 0.4) is 0 Å². The van der Waals surface area contributed by atoms with Gasteiger partial charge in [-0.2, -0.15) is 11.8 Å². The van der Waals surface area contributed by atoms with Crippen LogP contribution in [0.25, 0.3) is 0 Å². The third-order valence-corrected chi connectivity index (χ3v) is 4.72. The minimum absolute atomic E-state index is 0.386. The van der Waals surface area contributed by atoms with Crippen LogP contribution in [0, 0.1) is 0 Å². The quantitative estimate of drug-likeness (QED) is 0.364. The smallest absolute Gasteiger partial charge is 0.321 e. The largest absolute Gasteiger partial charge is 0.480 e. The van der Waals surface area contributed by atoms with E-state index in [0.29, 0.717) is 5.75 Å². The van der Waals surface area contributed by atoms with Crippen molar-refractivity contribution in [1.82, 2.24) is 5.32 Å². The van der Waals surface area contributed by atoms with Gasteiger partial charge in [-0.25, -0.2) is 0 Å². The van der Waals surface area contributed by atoms with E-state index in [1.165, 1.54) is 70.6 Å². The molecular formula is C18H37NO2S. The summed E-state index contributed by atoms with van der Waals surface area (Å²) in [6.45, 7) is 3.09. The zero-order chi connectivity index (χ0) is 16.5. The highest BCUT2D eigenvalue weighted by Crippen LogP contribution is 2.11. The number of carbonyl (C=O) groups is 1. The molecule has 0 fully saturated rings. The summed E-state index contributed by atoms with van der Waals surface area (Å²) in [7, 11) is 0. The first-order chi connectivity index (χ1) is 10.7. The fraction of sp³-hybridized carbons (Fsp3) is 0.944. The Morgan fingerprint density at radius 1 is 0.909 bits per heavy atom. The van der Waals surface area contributed by atoms with E-state index in [9.17, 15) is 4.79 Å². The van der Waals surface area contributed by atoms with Crippen molar-refractivity contribution in [3.8, 4) is 0 Å². The molecule has 0 saturated heterocycles. The van der Waals surface area contributed by atoms with Gasteiger partial charge in [0, 0.05) is 5.75 Å². The molecule has 0 aromatic heterocycles. The molecule has 0 amide bonds. The molecule has 0 rings (SSSR count). The second-order valence-corrected chi connectivity index (χ2v) is 7.10. The highest BCUT2D eigenvalue weighted by atomic mass is 32.2. The van der Waals surface area contributed by atoms with Gasteiger partial charge in [0.15, 0.2) is 0 Å². The molecule has 3 nitrogen and oxygen atoms in total. The average molecular weight is 332 g/mol. The van der Waals surface area contributed by atoms with Crippen molar-refractivity contribution in [3.05, 3.63) is 0 Å². The highest BCUT2D eigenvalue weighted by Gasteiger charge is 2.14. The Balaban J connectivity index is 3.21. The van der Waals surface area contributed by atoms with E-state index in [-0.39, 0.29) is 6.04 Å². The summed E-state index contributed by atoms with van der Waals surface area (Å²) in [5.74, 6) is -0.0820. The number of carboxylic acids is 1. The molecule has 1 atom stereocenters. The summed E-state index contributed by atoms with van der Waals surface area (Å²) in [6.07, 6.45) is 18.0.